The zero-order valence-corrected chi connectivity index (χ0v) is 25.7. The molecule has 0 saturated carbocycles. The maximum atomic E-state index is 13.8. The molecule has 2 amide bonds. The maximum Gasteiger partial charge on any atom is 0.361 e. The zero-order valence-electron chi connectivity index (χ0n) is 24.9. The number of halogens is 1. The third-order valence-corrected chi connectivity index (χ3v) is 8.81. The van der Waals surface area contributed by atoms with Gasteiger partial charge < -0.3 is 34.3 Å². The number of rotatable bonds is 5. The van der Waals surface area contributed by atoms with Crippen molar-refractivity contribution in [2.75, 3.05) is 12.4 Å². The number of hydrogen-bond acceptors (Lipinski definition) is 10. The van der Waals surface area contributed by atoms with Gasteiger partial charge >= 0.3 is 5.97 Å². The summed E-state index contributed by atoms with van der Waals surface area (Å²) in [4.78, 5) is 48.0. The van der Waals surface area contributed by atoms with Crippen LogP contribution < -0.4 is 20.7 Å². The van der Waals surface area contributed by atoms with E-state index in [-0.39, 0.29) is 59.0 Å². The minimum absolute atomic E-state index is 0.0655. The number of benzene rings is 2. The molecule has 5 heterocycles. The first-order valence-corrected chi connectivity index (χ1v) is 15.1. The number of methoxy groups -OCH3 is 1. The predicted molar refractivity (Wildman–Crippen MR) is 161 cm³/mol. The Balaban J connectivity index is 1.53. The number of nitrogens with zero attached hydrogens (tertiary/aromatic N) is 2. The van der Waals surface area contributed by atoms with E-state index in [1.807, 2.05) is 56.3 Å². The van der Waals surface area contributed by atoms with Crippen LogP contribution in [0.5, 0.6) is 5.75 Å². The Kier molecular flexibility index (Phi) is 6.84. The molecule has 13 heteroatoms. The molecule has 3 aliphatic rings. The van der Waals surface area contributed by atoms with Gasteiger partial charge in [-0.15, -0.1) is 0 Å². The molecule has 4 atom stereocenters. The third-order valence-electron chi connectivity index (χ3n) is 8.56. The monoisotopic (exact) mass is 631 g/mol. The van der Waals surface area contributed by atoms with E-state index >= 15 is 0 Å². The van der Waals surface area contributed by atoms with E-state index in [1.54, 1.807) is 6.92 Å². The highest BCUT2D eigenvalue weighted by Gasteiger charge is 2.61. The number of esters is 1. The van der Waals surface area contributed by atoms with Crippen LogP contribution in [0.1, 0.15) is 72.1 Å². The minimum Gasteiger partial charge on any atom is -0.469 e. The van der Waals surface area contributed by atoms with Crippen molar-refractivity contribution < 1.29 is 32.7 Å². The fourth-order valence-electron chi connectivity index (χ4n) is 6.37. The number of para-hydroxylation sites is 1. The van der Waals surface area contributed by atoms with Crippen LogP contribution in [0.2, 0.25) is 5.22 Å². The molecule has 0 aliphatic carbocycles. The molecule has 3 N–H and O–H groups in total. The molecule has 232 valence electrons. The van der Waals surface area contributed by atoms with Gasteiger partial charge in [-0.2, -0.15) is 4.98 Å². The van der Waals surface area contributed by atoms with Crippen molar-refractivity contribution in [2.45, 2.75) is 57.3 Å². The molecule has 1 spiro atoms. The molecule has 0 fully saturated rings. The number of hydrogen-bond donors (Lipinski definition) is 3. The molecule has 0 radical (unpaired) electrons. The SMILES string of the molecule is CCC(=O)N[C@H]1Cc2ccc3c(c2)[C@@]2(c4ccccc4NC2O3)c2oc(nc2-c2nc(C(=O)OC)c(Cl)o2)[C@H](C(C)C)NC1=O. The largest absolute Gasteiger partial charge is 0.469 e. The summed E-state index contributed by atoms with van der Waals surface area (Å²) in [6.07, 6.45) is -0.194. The van der Waals surface area contributed by atoms with Crippen molar-refractivity contribution in [3.63, 3.8) is 0 Å². The van der Waals surface area contributed by atoms with Gasteiger partial charge in [0.1, 0.15) is 23.2 Å². The Morgan fingerprint density at radius 1 is 1.13 bits per heavy atom. The second-order valence-corrected chi connectivity index (χ2v) is 11.9. The van der Waals surface area contributed by atoms with Crippen LogP contribution in [-0.2, 0) is 26.2 Å². The lowest BCUT2D eigenvalue weighted by atomic mass is 9.72. The van der Waals surface area contributed by atoms with E-state index in [2.05, 4.69) is 20.9 Å². The highest BCUT2D eigenvalue weighted by molar-refractivity contribution is 6.31. The van der Waals surface area contributed by atoms with Crippen LogP contribution in [0.4, 0.5) is 5.69 Å². The number of nitrogens with one attached hydrogen (secondary N) is 3. The van der Waals surface area contributed by atoms with E-state index < -0.39 is 29.7 Å². The smallest absolute Gasteiger partial charge is 0.361 e. The number of aromatic nitrogens is 2. The normalized spacial score (nSPS) is 22.7. The lowest BCUT2D eigenvalue weighted by Crippen LogP contribution is -2.49. The summed E-state index contributed by atoms with van der Waals surface area (Å²) in [5, 5.41) is 9.16. The van der Waals surface area contributed by atoms with Crippen LogP contribution in [0.15, 0.2) is 51.3 Å². The maximum absolute atomic E-state index is 13.8. The van der Waals surface area contributed by atoms with Crippen LogP contribution in [0.3, 0.4) is 0 Å². The van der Waals surface area contributed by atoms with Gasteiger partial charge in [-0.3, -0.25) is 9.59 Å². The Morgan fingerprint density at radius 2 is 1.93 bits per heavy atom. The van der Waals surface area contributed by atoms with E-state index in [0.29, 0.717) is 11.5 Å². The summed E-state index contributed by atoms with van der Waals surface area (Å²) in [7, 11) is 1.22. The molecule has 45 heavy (non-hydrogen) atoms. The topological polar surface area (TPSA) is 158 Å². The second-order valence-electron chi connectivity index (χ2n) is 11.6. The average molecular weight is 632 g/mol. The van der Waals surface area contributed by atoms with Crippen molar-refractivity contribution in [1.29, 1.82) is 0 Å². The number of oxazole rings is 2. The first kappa shape index (κ1) is 28.9. The van der Waals surface area contributed by atoms with Crippen LogP contribution in [0, 0.1) is 5.92 Å². The predicted octanol–water partition coefficient (Wildman–Crippen LogP) is 4.51. The van der Waals surface area contributed by atoms with E-state index in [4.69, 9.17) is 34.9 Å². The van der Waals surface area contributed by atoms with E-state index in [0.717, 1.165) is 22.4 Å². The van der Waals surface area contributed by atoms with Crippen LogP contribution >= 0.6 is 11.6 Å². The third kappa shape index (κ3) is 4.38. The van der Waals surface area contributed by atoms with Crippen molar-refractivity contribution in [3.8, 4) is 17.3 Å². The summed E-state index contributed by atoms with van der Waals surface area (Å²) in [6.45, 7) is 5.57. The molecule has 1 unspecified atom stereocenters. The standard InChI is InChI=1S/C32H30ClN5O7/c1-5-21(39)34-19-13-15-10-11-20-17(12-15)32(16-8-6-7-9-18(16)35-31(32)43-20)25-23(29-38-24(26(33)45-29)30(41)42-4)37-28(44-25)22(14(2)3)36-27(19)40/h6-12,14,19,22,31,35H,5,13H2,1-4H3,(H,34,39)(H,36,40)/t19-,22-,31?,32-/m0/s1. The molecule has 3 aliphatic heterocycles. The summed E-state index contributed by atoms with van der Waals surface area (Å²) in [5.74, 6) is -0.546. The van der Waals surface area contributed by atoms with E-state index in [9.17, 15) is 14.4 Å². The summed E-state index contributed by atoms with van der Waals surface area (Å²) in [6, 6.07) is 11.9. The number of amides is 2. The van der Waals surface area contributed by atoms with Crippen molar-refractivity contribution in [1.82, 2.24) is 20.6 Å². The molecule has 4 bridgehead atoms. The molecule has 0 saturated heterocycles. The molecule has 7 rings (SSSR count). The molecular weight excluding hydrogens is 602 g/mol. The minimum atomic E-state index is -1.10. The first-order valence-electron chi connectivity index (χ1n) is 14.7. The van der Waals surface area contributed by atoms with Gasteiger partial charge in [0, 0.05) is 24.1 Å². The van der Waals surface area contributed by atoms with Gasteiger partial charge in [0.25, 0.3) is 5.89 Å². The van der Waals surface area contributed by atoms with Crippen LogP contribution in [0.25, 0.3) is 11.6 Å². The fourth-order valence-corrected chi connectivity index (χ4v) is 6.56. The van der Waals surface area contributed by atoms with Crippen molar-refractivity contribution >= 4 is 35.1 Å². The Hall–Kier alpha value is -4.84. The van der Waals surface area contributed by atoms with Gasteiger partial charge in [-0.25, -0.2) is 9.78 Å². The van der Waals surface area contributed by atoms with Gasteiger partial charge in [0.2, 0.25) is 28.6 Å². The molecule has 12 nitrogen and oxygen atoms in total. The molecule has 4 aromatic rings. The highest BCUT2D eigenvalue weighted by atomic mass is 35.5. The Labute approximate surface area is 262 Å². The summed E-state index contributed by atoms with van der Waals surface area (Å²) >= 11 is 6.32. The van der Waals surface area contributed by atoms with Crippen molar-refractivity contribution in [3.05, 3.63) is 81.7 Å². The molecule has 2 aromatic carbocycles. The number of fused-ring (bicyclic) bond motifs is 4. The number of ether oxygens (including phenoxy) is 2. The quantitative estimate of drug-likeness (QED) is 0.268. The lowest BCUT2D eigenvalue weighted by Gasteiger charge is -2.28. The Bertz CT molecular complexity index is 1870. The second kappa shape index (κ2) is 10.7. The molecular formula is C32H30ClN5O7. The number of carbonyl (C=O) groups is 3. The van der Waals surface area contributed by atoms with Crippen molar-refractivity contribution in [2.24, 2.45) is 5.92 Å². The van der Waals surface area contributed by atoms with Gasteiger partial charge in [-0.05, 0) is 40.8 Å². The number of carbonyl (C=O) groups excluding carboxylic acids is 3. The Morgan fingerprint density at radius 3 is 2.69 bits per heavy atom. The van der Waals surface area contributed by atoms with E-state index in [1.165, 1.54) is 7.11 Å². The van der Waals surface area contributed by atoms with Gasteiger partial charge in [0.05, 0.1) is 7.11 Å². The fraction of sp³-hybridized carbons (Fsp3) is 0.344. The average Bonchev–Trinajstić information content (AvgIpc) is 3.78. The zero-order chi connectivity index (χ0) is 31.6. The van der Waals surface area contributed by atoms with Gasteiger partial charge in [-0.1, -0.05) is 51.1 Å². The van der Waals surface area contributed by atoms with Gasteiger partial charge in [0.15, 0.2) is 17.7 Å². The lowest BCUT2D eigenvalue weighted by molar-refractivity contribution is -0.129. The van der Waals surface area contributed by atoms with Crippen LogP contribution in [-0.4, -0.2) is 47.1 Å². The number of anilines is 1. The molecule has 2 aromatic heterocycles. The first-order chi connectivity index (χ1) is 21.6. The summed E-state index contributed by atoms with van der Waals surface area (Å²) in [5.41, 5.74) is 2.13. The summed E-state index contributed by atoms with van der Waals surface area (Å²) < 4.78 is 23.9. The highest BCUT2D eigenvalue weighted by Crippen LogP contribution is 2.59.